The highest BCUT2D eigenvalue weighted by Crippen LogP contribution is 2.23. The first-order chi connectivity index (χ1) is 13.0. The van der Waals surface area contributed by atoms with Gasteiger partial charge in [0, 0.05) is 17.1 Å². The van der Waals surface area contributed by atoms with Crippen molar-refractivity contribution in [2.45, 2.75) is 25.4 Å². The number of benzene rings is 2. The maximum absolute atomic E-state index is 12.0. The normalized spacial score (nSPS) is 10.6. The quantitative estimate of drug-likeness (QED) is 0.605. The molecule has 138 valence electrons. The number of amides is 1. The third-order valence-electron chi connectivity index (χ3n) is 4.08. The van der Waals surface area contributed by atoms with E-state index < -0.39 is 0 Å². The Labute approximate surface area is 168 Å². The lowest BCUT2D eigenvalue weighted by atomic mass is 10.0. The Hall–Kier alpha value is -2.37. The molecule has 4 nitrogen and oxygen atoms in total. The highest BCUT2D eigenvalue weighted by molar-refractivity contribution is 7.99. The van der Waals surface area contributed by atoms with E-state index in [1.54, 1.807) is 0 Å². The van der Waals surface area contributed by atoms with Gasteiger partial charge in [0.05, 0.1) is 11.4 Å². The lowest BCUT2D eigenvalue weighted by Crippen LogP contribution is -2.24. The highest BCUT2D eigenvalue weighted by Gasteiger charge is 2.08. The van der Waals surface area contributed by atoms with Crippen molar-refractivity contribution in [3.8, 4) is 11.3 Å². The summed E-state index contributed by atoms with van der Waals surface area (Å²) < 4.78 is 0. The van der Waals surface area contributed by atoms with Crippen molar-refractivity contribution < 1.29 is 4.79 Å². The molecule has 0 bridgehead atoms. The standard InChI is InChI=1S/C21H20ClN3OS/c1-14-7-8-17(15(2)11-14)19-9-10-21(25-24-19)27-13-20(26)23-12-16-5-3-4-6-18(16)22/h3-11H,12-13H2,1-2H3,(H,23,26). The van der Waals surface area contributed by atoms with Gasteiger partial charge >= 0.3 is 0 Å². The number of nitrogens with zero attached hydrogens (tertiary/aromatic N) is 2. The summed E-state index contributed by atoms with van der Waals surface area (Å²) in [4.78, 5) is 12.0. The van der Waals surface area contributed by atoms with Crippen molar-refractivity contribution in [3.63, 3.8) is 0 Å². The molecule has 1 N–H and O–H groups in total. The molecule has 3 rings (SSSR count). The monoisotopic (exact) mass is 397 g/mol. The molecule has 1 aromatic heterocycles. The highest BCUT2D eigenvalue weighted by atomic mass is 35.5. The van der Waals surface area contributed by atoms with E-state index in [1.165, 1.54) is 22.9 Å². The average molecular weight is 398 g/mol. The number of rotatable bonds is 6. The van der Waals surface area contributed by atoms with E-state index in [0.717, 1.165) is 21.8 Å². The number of aryl methyl sites for hydroxylation is 2. The predicted molar refractivity (Wildman–Crippen MR) is 111 cm³/mol. The van der Waals surface area contributed by atoms with Crippen LogP contribution in [-0.2, 0) is 11.3 Å². The van der Waals surface area contributed by atoms with Crippen LogP contribution in [0.25, 0.3) is 11.3 Å². The van der Waals surface area contributed by atoms with Crippen LogP contribution in [0.2, 0.25) is 5.02 Å². The molecule has 0 spiro atoms. The van der Waals surface area contributed by atoms with Crippen molar-refractivity contribution in [2.24, 2.45) is 0 Å². The number of carbonyl (C=O) groups is 1. The van der Waals surface area contributed by atoms with Gasteiger partial charge in [-0.2, -0.15) is 0 Å². The number of hydrogen-bond donors (Lipinski definition) is 1. The average Bonchev–Trinajstić information content (AvgIpc) is 2.66. The number of aromatic nitrogens is 2. The molecule has 0 aliphatic rings. The largest absolute Gasteiger partial charge is 0.351 e. The molecule has 27 heavy (non-hydrogen) atoms. The minimum absolute atomic E-state index is 0.0693. The van der Waals surface area contributed by atoms with Crippen molar-refractivity contribution in [2.75, 3.05) is 5.75 Å². The van der Waals surface area contributed by atoms with E-state index >= 15 is 0 Å². The first-order valence-electron chi connectivity index (χ1n) is 8.57. The molecule has 2 aromatic carbocycles. The first kappa shape index (κ1) is 19.4. The van der Waals surface area contributed by atoms with Crippen LogP contribution < -0.4 is 5.32 Å². The molecule has 0 radical (unpaired) electrons. The maximum Gasteiger partial charge on any atom is 0.230 e. The number of hydrogen-bond acceptors (Lipinski definition) is 4. The second kappa shape index (κ2) is 9.02. The Bertz CT molecular complexity index is 944. The molecular weight excluding hydrogens is 378 g/mol. The van der Waals surface area contributed by atoms with Gasteiger partial charge in [-0.05, 0) is 43.2 Å². The summed E-state index contributed by atoms with van der Waals surface area (Å²) >= 11 is 7.45. The Morgan fingerprint density at radius 1 is 1.07 bits per heavy atom. The van der Waals surface area contributed by atoms with E-state index in [4.69, 9.17) is 11.6 Å². The van der Waals surface area contributed by atoms with Gasteiger partial charge in [-0.25, -0.2) is 0 Å². The van der Waals surface area contributed by atoms with Gasteiger partial charge < -0.3 is 5.32 Å². The third kappa shape index (κ3) is 5.31. The fraction of sp³-hybridized carbons (Fsp3) is 0.190. The Morgan fingerprint density at radius 2 is 1.89 bits per heavy atom. The number of nitrogens with one attached hydrogen (secondary N) is 1. The van der Waals surface area contributed by atoms with Crippen LogP contribution in [0.15, 0.2) is 59.6 Å². The molecule has 0 saturated carbocycles. The van der Waals surface area contributed by atoms with Crippen molar-refractivity contribution >= 4 is 29.3 Å². The summed E-state index contributed by atoms with van der Waals surface area (Å²) in [6, 6.07) is 17.6. The minimum Gasteiger partial charge on any atom is -0.351 e. The van der Waals surface area contributed by atoms with Crippen LogP contribution >= 0.6 is 23.4 Å². The maximum atomic E-state index is 12.0. The van der Waals surface area contributed by atoms with Gasteiger partial charge in [-0.15, -0.1) is 10.2 Å². The van der Waals surface area contributed by atoms with Gasteiger partial charge in [0.2, 0.25) is 5.91 Å². The third-order valence-corrected chi connectivity index (χ3v) is 5.37. The van der Waals surface area contributed by atoms with Crippen molar-refractivity contribution in [3.05, 3.63) is 76.3 Å². The molecule has 0 saturated heterocycles. The second-order valence-electron chi connectivity index (χ2n) is 6.23. The van der Waals surface area contributed by atoms with Crippen LogP contribution in [0, 0.1) is 13.8 Å². The van der Waals surface area contributed by atoms with E-state index in [-0.39, 0.29) is 11.7 Å². The molecular formula is C21H20ClN3OS. The van der Waals surface area contributed by atoms with Gasteiger partial charge in [0.1, 0.15) is 5.03 Å². The molecule has 0 aliphatic heterocycles. The molecule has 0 aliphatic carbocycles. The van der Waals surface area contributed by atoms with Crippen LogP contribution in [0.3, 0.4) is 0 Å². The lowest BCUT2D eigenvalue weighted by molar-refractivity contribution is -0.118. The van der Waals surface area contributed by atoms with Crippen LogP contribution in [0.4, 0.5) is 0 Å². The predicted octanol–water partition coefficient (Wildman–Crippen LogP) is 4.82. The molecule has 0 unspecified atom stereocenters. The SMILES string of the molecule is Cc1ccc(-c2ccc(SCC(=O)NCc3ccccc3Cl)nn2)c(C)c1. The second-order valence-corrected chi connectivity index (χ2v) is 7.63. The van der Waals surface area contributed by atoms with E-state index in [9.17, 15) is 4.79 Å². The zero-order chi connectivity index (χ0) is 19.2. The minimum atomic E-state index is -0.0693. The summed E-state index contributed by atoms with van der Waals surface area (Å²) in [5, 5.41) is 12.8. The van der Waals surface area contributed by atoms with Crippen molar-refractivity contribution in [1.82, 2.24) is 15.5 Å². The van der Waals surface area contributed by atoms with E-state index in [2.05, 4.69) is 47.6 Å². The summed E-state index contributed by atoms with van der Waals surface area (Å²) in [5.74, 6) is 0.211. The van der Waals surface area contributed by atoms with E-state index in [0.29, 0.717) is 11.6 Å². The van der Waals surface area contributed by atoms with Crippen molar-refractivity contribution in [1.29, 1.82) is 0 Å². The molecule has 1 heterocycles. The molecule has 0 atom stereocenters. The van der Waals surface area contributed by atoms with Crippen LogP contribution in [0.5, 0.6) is 0 Å². The van der Waals surface area contributed by atoms with Gasteiger partial charge in [-0.1, -0.05) is 65.3 Å². The smallest absolute Gasteiger partial charge is 0.230 e. The molecule has 3 aromatic rings. The Kier molecular flexibility index (Phi) is 6.48. The summed E-state index contributed by atoms with van der Waals surface area (Å²) in [5.41, 5.74) is 5.19. The summed E-state index contributed by atoms with van der Waals surface area (Å²) in [6.45, 7) is 4.55. The van der Waals surface area contributed by atoms with Gasteiger partial charge in [0.25, 0.3) is 0 Å². The Balaban J connectivity index is 1.54. The fourth-order valence-electron chi connectivity index (χ4n) is 2.67. The van der Waals surface area contributed by atoms with Crippen LogP contribution in [-0.4, -0.2) is 21.9 Å². The van der Waals surface area contributed by atoms with Gasteiger partial charge in [-0.3, -0.25) is 4.79 Å². The molecule has 1 amide bonds. The number of thioether (sulfide) groups is 1. The Morgan fingerprint density at radius 3 is 2.59 bits per heavy atom. The first-order valence-corrected chi connectivity index (χ1v) is 9.93. The zero-order valence-corrected chi connectivity index (χ0v) is 16.8. The van der Waals surface area contributed by atoms with Gasteiger partial charge in [0.15, 0.2) is 0 Å². The number of carbonyl (C=O) groups excluding carboxylic acids is 1. The zero-order valence-electron chi connectivity index (χ0n) is 15.2. The molecule has 0 fully saturated rings. The fourth-order valence-corrected chi connectivity index (χ4v) is 3.51. The summed E-state index contributed by atoms with van der Waals surface area (Å²) in [6.07, 6.45) is 0. The van der Waals surface area contributed by atoms with E-state index in [1.807, 2.05) is 36.4 Å². The summed E-state index contributed by atoms with van der Waals surface area (Å²) in [7, 11) is 0. The molecule has 6 heteroatoms. The number of halogens is 1. The topological polar surface area (TPSA) is 54.9 Å². The lowest BCUT2D eigenvalue weighted by Gasteiger charge is -2.07. The van der Waals surface area contributed by atoms with Crippen LogP contribution in [0.1, 0.15) is 16.7 Å².